The van der Waals surface area contributed by atoms with E-state index < -0.39 is 0 Å². The van der Waals surface area contributed by atoms with Crippen molar-refractivity contribution < 1.29 is 4.79 Å². The molecule has 5 nitrogen and oxygen atoms in total. The quantitative estimate of drug-likeness (QED) is 0.768. The molecule has 0 aliphatic rings. The van der Waals surface area contributed by atoms with Crippen LogP contribution in [0.15, 0.2) is 67.0 Å². The van der Waals surface area contributed by atoms with Gasteiger partial charge in [0.05, 0.1) is 0 Å². The largest absolute Gasteiger partial charge is 0.340 e. The molecule has 0 radical (unpaired) electrons. The Hall–Kier alpha value is -3.21. The van der Waals surface area contributed by atoms with Crippen molar-refractivity contribution in [1.29, 1.82) is 0 Å². The van der Waals surface area contributed by atoms with E-state index in [-0.39, 0.29) is 5.91 Å². The van der Waals surface area contributed by atoms with Gasteiger partial charge < -0.3 is 10.6 Å². The number of para-hydroxylation sites is 1. The van der Waals surface area contributed by atoms with E-state index >= 15 is 0 Å². The molecule has 114 valence electrons. The molecule has 0 saturated heterocycles. The van der Waals surface area contributed by atoms with Gasteiger partial charge in [-0.1, -0.05) is 18.2 Å². The van der Waals surface area contributed by atoms with Crippen molar-refractivity contribution in [2.75, 3.05) is 10.6 Å². The molecular formula is C18H16N4O. The molecular weight excluding hydrogens is 288 g/mol. The number of benzene rings is 1. The first kappa shape index (κ1) is 14.7. The third kappa shape index (κ3) is 3.91. The van der Waals surface area contributed by atoms with Crippen LogP contribution in [0.5, 0.6) is 0 Å². The summed E-state index contributed by atoms with van der Waals surface area (Å²) in [5.74, 6) is 1.15. The maximum absolute atomic E-state index is 11.1. The van der Waals surface area contributed by atoms with Gasteiger partial charge in [-0.15, -0.1) is 0 Å². The second-order valence-electron chi connectivity index (χ2n) is 5.03. The molecule has 0 bridgehead atoms. The Morgan fingerprint density at radius 1 is 0.870 bits per heavy atom. The van der Waals surface area contributed by atoms with Crippen molar-refractivity contribution >= 4 is 23.2 Å². The van der Waals surface area contributed by atoms with Crippen LogP contribution >= 0.6 is 0 Å². The van der Waals surface area contributed by atoms with Crippen molar-refractivity contribution in [3.8, 4) is 11.1 Å². The second-order valence-corrected chi connectivity index (χ2v) is 5.03. The van der Waals surface area contributed by atoms with Gasteiger partial charge in [0.25, 0.3) is 0 Å². The first-order chi connectivity index (χ1) is 11.2. The van der Waals surface area contributed by atoms with Crippen molar-refractivity contribution in [3.63, 3.8) is 0 Å². The fraction of sp³-hybridized carbons (Fsp3) is 0.0556. The maximum atomic E-state index is 11.1. The summed E-state index contributed by atoms with van der Waals surface area (Å²) in [6, 6.07) is 17.5. The van der Waals surface area contributed by atoms with Gasteiger partial charge in [-0.05, 0) is 47.5 Å². The van der Waals surface area contributed by atoms with Gasteiger partial charge in [0.1, 0.15) is 11.6 Å². The lowest BCUT2D eigenvalue weighted by Gasteiger charge is -2.08. The van der Waals surface area contributed by atoms with E-state index in [1.807, 2.05) is 54.6 Å². The summed E-state index contributed by atoms with van der Waals surface area (Å²) in [5.41, 5.74) is 2.93. The van der Waals surface area contributed by atoms with Crippen LogP contribution < -0.4 is 10.6 Å². The Morgan fingerprint density at radius 3 is 2.13 bits per heavy atom. The summed E-state index contributed by atoms with van der Waals surface area (Å²) in [5, 5.41) is 5.95. The van der Waals surface area contributed by atoms with E-state index in [2.05, 4.69) is 20.6 Å². The van der Waals surface area contributed by atoms with E-state index in [0.717, 1.165) is 22.6 Å². The minimum absolute atomic E-state index is 0.143. The molecule has 5 heteroatoms. The van der Waals surface area contributed by atoms with Crippen LogP contribution in [0.1, 0.15) is 6.92 Å². The molecule has 2 heterocycles. The van der Waals surface area contributed by atoms with Crippen LogP contribution in [0.4, 0.5) is 17.3 Å². The molecule has 1 aromatic carbocycles. The molecule has 0 aliphatic heterocycles. The normalized spacial score (nSPS) is 10.1. The molecule has 3 rings (SSSR count). The molecule has 0 fully saturated rings. The predicted molar refractivity (Wildman–Crippen MR) is 91.5 cm³/mol. The highest BCUT2D eigenvalue weighted by Gasteiger charge is 2.04. The van der Waals surface area contributed by atoms with Gasteiger partial charge in [-0.3, -0.25) is 4.79 Å². The number of rotatable bonds is 4. The number of hydrogen-bond acceptors (Lipinski definition) is 4. The Bertz CT molecular complexity index is 818. The van der Waals surface area contributed by atoms with Crippen molar-refractivity contribution in [3.05, 3.63) is 67.0 Å². The van der Waals surface area contributed by atoms with Gasteiger partial charge in [-0.2, -0.15) is 0 Å². The summed E-state index contributed by atoms with van der Waals surface area (Å²) in [4.78, 5) is 19.6. The highest BCUT2D eigenvalue weighted by Crippen LogP contribution is 2.24. The van der Waals surface area contributed by atoms with Crippen molar-refractivity contribution in [2.45, 2.75) is 6.92 Å². The summed E-state index contributed by atoms with van der Waals surface area (Å²) in [6.45, 7) is 1.46. The van der Waals surface area contributed by atoms with Crippen LogP contribution in [0, 0.1) is 0 Å². The molecule has 3 aromatic rings. The highest BCUT2D eigenvalue weighted by atomic mass is 16.1. The number of anilines is 3. The van der Waals surface area contributed by atoms with Crippen molar-refractivity contribution in [1.82, 2.24) is 9.97 Å². The summed E-state index contributed by atoms with van der Waals surface area (Å²) < 4.78 is 0. The number of aromatic nitrogens is 2. The Kier molecular flexibility index (Phi) is 4.29. The highest BCUT2D eigenvalue weighted by molar-refractivity contribution is 5.88. The number of amides is 1. The Balaban J connectivity index is 1.86. The second kappa shape index (κ2) is 6.70. The zero-order chi connectivity index (χ0) is 16.1. The van der Waals surface area contributed by atoms with Gasteiger partial charge in [-0.25, -0.2) is 9.97 Å². The average Bonchev–Trinajstić information content (AvgIpc) is 2.56. The molecule has 1 amide bonds. The predicted octanol–water partition coefficient (Wildman–Crippen LogP) is 3.85. The third-order valence-electron chi connectivity index (χ3n) is 3.20. The monoisotopic (exact) mass is 304 g/mol. The topological polar surface area (TPSA) is 66.9 Å². The van der Waals surface area contributed by atoms with Crippen LogP contribution in [-0.2, 0) is 4.79 Å². The number of nitrogens with zero attached hydrogens (tertiary/aromatic N) is 2. The maximum Gasteiger partial charge on any atom is 0.222 e. The lowest BCUT2D eigenvalue weighted by molar-refractivity contribution is -0.114. The smallest absolute Gasteiger partial charge is 0.222 e. The van der Waals surface area contributed by atoms with Crippen molar-refractivity contribution in [2.24, 2.45) is 0 Å². The number of carbonyl (C=O) groups excluding carboxylic acids is 1. The van der Waals surface area contributed by atoms with Crippen LogP contribution in [0.2, 0.25) is 0 Å². The average molecular weight is 304 g/mol. The van der Waals surface area contributed by atoms with Crippen LogP contribution in [0.3, 0.4) is 0 Å². The van der Waals surface area contributed by atoms with E-state index in [9.17, 15) is 4.79 Å². The zero-order valence-corrected chi connectivity index (χ0v) is 12.7. The molecule has 0 atom stereocenters. The molecule has 23 heavy (non-hydrogen) atoms. The van der Waals surface area contributed by atoms with Gasteiger partial charge in [0, 0.05) is 25.0 Å². The summed E-state index contributed by atoms with van der Waals surface area (Å²) in [7, 11) is 0. The van der Waals surface area contributed by atoms with E-state index in [1.165, 1.54) is 6.92 Å². The molecule has 0 unspecified atom stereocenters. The lowest BCUT2D eigenvalue weighted by atomic mass is 10.1. The Labute approximate surface area is 134 Å². The number of nitrogens with one attached hydrogen (secondary N) is 2. The van der Waals surface area contributed by atoms with Crippen LogP contribution in [0.25, 0.3) is 11.1 Å². The summed E-state index contributed by atoms with van der Waals surface area (Å²) in [6.07, 6.45) is 3.42. The van der Waals surface area contributed by atoms with E-state index in [1.54, 1.807) is 12.4 Å². The van der Waals surface area contributed by atoms with Gasteiger partial charge in [0.15, 0.2) is 0 Å². The lowest BCUT2D eigenvalue weighted by Crippen LogP contribution is -2.07. The fourth-order valence-corrected chi connectivity index (χ4v) is 2.21. The van der Waals surface area contributed by atoms with E-state index in [0.29, 0.717) is 5.82 Å². The fourth-order valence-electron chi connectivity index (χ4n) is 2.21. The molecule has 0 aliphatic carbocycles. The van der Waals surface area contributed by atoms with Crippen LogP contribution in [-0.4, -0.2) is 15.9 Å². The molecule has 0 spiro atoms. The SMILES string of the molecule is CC(=O)Nc1cc(-c2ccnc(Nc3ccccc3)c2)ccn1. The standard InChI is InChI=1S/C18H16N4O/c1-13(23)21-17-11-14(7-9-19-17)15-8-10-20-18(12-15)22-16-5-3-2-4-6-16/h2-12H,1H3,(H,20,22)(H,19,21,23). The number of carbonyl (C=O) groups is 1. The third-order valence-corrected chi connectivity index (χ3v) is 3.20. The molecule has 2 N–H and O–H groups in total. The number of pyridine rings is 2. The Morgan fingerprint density at radius 2 is 1.48 bits per heavy atom. The first-order valence-electron chi connectivity index (χ1n) is 7.23. The molecule has 0 saturated carbocycles. The van der Waals surface area contributed by atoms with E-state index in [4.69, 9.17) is 0 Å². The first-order valence-corrected chi connectivity index (χ1v) is 7.23. The molecule has 2 aromatic heterocycles. The van der Waals surface area contributed by atoms with Gasteiger partial charge in [0.2, 0.25) is 5.91 Å². The summed E-state index contributed by atoms with van der Waals surface area (Å²) >= 11 is 0. The number of hydrogen-bond donors (Lipinski definition) is 2. The minimum Gasteiger partial charge on any atom is -0.340 e. The zero-order valence-electron chi connectivity index (χ0n) is 12.7. The minimum atomic E-state index is -0.143. The van der Waals surface area contributed by atoms with Gasteiger partial charge >= 0.3 is 0 Å².